The highest BCUT2D eigenvalue weighted by atomic mass is 32.2. The van der Waals surface area contributed by atoms with Gasteiger partial charge < -0.3 is 9.09 Å². The molecule has 0 unspecified atom stereocenters. The zero-order valence-electron chi connectivity index (χ0n) is 15.2. The van der Waals surface area contributed by atoms with Crippen molar-refractivity contribution in [1.82, 2.24) is 14.0 Å². The molecule has 1 aliphatic heterocycles. The van der Waals surface area contributed by atoms with Crippen molar-refractivity contribution in [2.45, 2.75) is 43.5 Å². The second-order valence-electron chi connectivity index (χ2n) is 6.91. The summed E-state index contributed by atoms with van der Waals surface area (Å²) in [6, 6.07) is 6.33. The van der Waals surface area contributed by atoms with E-state index < -0.39 is 10.0 Å². The maximum absolute atomic E-state index is 13.4. The molecule has 9 heteroatoms. The lowest BCUT2D eigenvalue weighted by Crippen LogP contribution is -2.34. The molecule has 0 aliphatic carbocycles. The van der Waals surface area contributed by atoms with E-state index in [0.29, 0.717) is 23.4 Å². The lowest BCUT2D eigenvalue weighted by Gasteiger charge is -2.27. The molecule has 3 aromatic rings. The quantitative estimate of drug-likeness (QED) is 0.666. The fraction of sp³-hybridized carbons (Fsp3) is 0.444. The Balaban J connectivity index is 1.79. The maximum atomic E-state index is 13.4. The van der Waals surface area contributed by atoms with Gasteiger partial charge in [-0.05, 0) is 38.0 Å². The number of hydrogen-bond acceptors (Lipinski definition) is 6. The Morgan fingerprint density at radius 1 is 1.22 bits per heavy atom. The predicted molar refractivity (Wildman–Crippen MR) is 103 cm³/mol. The number of sulfonamides is 1. The summed E-state index contributed by atoms with van der Waals surface area (Å²) in [5, 5.41) is 3.93. The van der Waals surface area contributed by atoms with Gasteiger partial charge in [-0.15, -0.1) is 0 Å². The third-order valence-corrected chi connectivity index (χ3v) is 7.95. The topological polar surface area (TPSA) is 85.4 Å². The van der Waals surface area contributed by atoms with Crippen molar-refractivity contribution in [2.24, 2.45) is 7.05 Å². The average Bonchev–Trinajstić information content (AvgIpc) is 3.07. The number of nitrogens with zero attached hydrogens (tertiary/aromatic N) is 3. The molecule has 1 saturated heterocycles. The van der Waals surface area contributed by atoms with Gasteiger partial charge in [0.1, 0.15) is 0 Å². The second-order valence-corrected chi connectivity index (χ2v) is 9.79. The van der Waals surface area contributed by atoms with Crippen molar-refractivity contribution in [3.05, 3.63) is 45.4 Å². The minimum Gasteiger partial charge on any atom is -0.359 e. The van der Waals surface area contributed by atoms with Crippen LogP contribution in [0.3, 0.4) is 0 Å². The van der Waals surface area contributed by atoms with Gasteiger partial charge in [-0.25, -0.2) is 8.42 Å². The maximum Gasteiger partial charge on any atom is 0.307 e. The van der Waals surface area contributed by atoms with Crippen LogP contribution in [0.4, 0.5) is 0 Å². The smallest absolute Gasteiger partial charge is 0.307 e. The summed E-state index contributed by atoms with van der Waals surface area (Å²) in [5.74, 6) is 0.587. The fourth-order valence-electron chi connectivity index (χ4n) is 3.60. The largest absolute Gasteiger partial charge is 0.359 e. The summed E-state index contributed by atoms with van der Waals surface area (Å²) in [6.45, 7) is 2.27. The van der Waals surface area contributed by atoms with Crippen LogP contribution in [0.5, 0.6) is 0 Å². The van der Waals surface area contributed by atoms with Crippen molar-refractivity contribution in [1.29, 1.82) is 0 Å². The molecule has 4 rings (SSSR count). The molecule has 0 N–H and O–H groups in total. The highest BCUT2D eigenvalue weighted by molar-refractivity contribution is 7.89. The van der Waals surface area contributed by atoms with Gasteiger partial charge in [-0.2, -0.15) is 4.31 Å². The summed E-state index contributed by atoms with van der Waals surface area (Å²) in [6.07, 6.45) is 3.43. The van der Waals surface area contributed by atoms with Crippen LogP contribution in [0.1, 0.15) is 43.2 Å². The Kier molecular flexibility index (Phi) is 4.69. The number of thiazole rings is 1. The Morgan fingerprint density at radius 2 is 2.04 bits per heavy atom. The number of hydrogen-bond donors (Lipinski definition) is 0. The lowest BCUT2D eigenvalue weighted by molar-refractivity contribution is 0.258. The monoisotopic (exact) mass is 407 g/mol. The molecule has 1 aromatic carbocycles. The summed E-state index contributed by atoms with van der Waals surface area (Å²) < 4.78 is 36.0. The minimum atomic E-state index is -3.73. The molecular weight excluding hydrogens is 386 g/mol. The molecule has 7 nitrogen and oxygen atoms in total. The first-order valence-electron chi connectivity index (χ1n) is 8.92. The van der Waals surface area contributed by atoms with E-state index >= 15 is 0 Å². The first-order chi connectivity index (χ1) is 12.9. The predicted octanol–water partition coefficient (Wildman–Crippen LogP) is 3.20. The van der Waals surface area contributed by atoms with E-state index in [2.05, 4.69) is 5.16 Å². The normalized spacial score (nSPS) is 19.4. The van der Waals surface area contributed by atoms with E-state index in [1.165, 1.54) is 8.87 Å². The van der Waals surface area contributed by atoms with E-state index in [1.807, 2.05) is 13.0 Å². The molecule has 1 aliphatic rings. The molecule has 0 saturated carbocycles. The van der Waals surface area contributed by atoms with Gasteiger partial charge in [0.2, 0.25) is 10.0 Å². The van der Waals surface area contributed by atoms with Crippen LogP contribution >= 0.6 is 11.3 Å². The summed E-state index contributed by atoms with van der Waals surface area (Å²) in [5.41, 5.74) is 1.48. The summed E-state index contributed by atoms with van der Waals surface area (Å²) in [7, 11) is -2.04. The first kappa shape index (κ1) is 18.4. The van der Waals surface area contributed by atoms with Crippen LogP contribution in [-0.4, -0.2) is 29.0 Å². The summed E-state index contributed by atoms with van der Waals surface area (Å²) >= 11 is 1.06. The molecule has 27 heavy (non-hydrogen) atoms. The molecule has 1 atom stereocenters. The van der Waals surface area contributed by atoms with E-state index in [-0.39, 0.29) is 15.8 Å². The van der Waals surface area contributed by atoms with Gasteiger partial charge in [0.15, 0.2) is 5.76 Å². The molecule has 0 radical (unpaired) electrons. The molecule has 3 heterocycles. The second kappa shape index (κ2) is 6.88. The van der Waals surface area contributed by atoms with Crippen molar-refractivity contribution in [3.8, 4) is 0 Å². The number of aryl methyl sites for hydroxylation is 2. The molecule has 0 amide bonds. The van der Waals surface area contributed by atoms with Gasteiger partial charge >= 0.3 is 4.87 Å². The highest BCUT2D eigenvalue weighted by Crippen LogP contribution is 2.35. The van der Waals surface area contributed by atoms with Crippen LogP contribution in [0.25, 0.3) is 10.2 Å². The van der Waals surface area contributed by atoms with E-state index in [4.69, 9.17) is 4.52 Å². The zero-order valence-corrected chi connectivity index (χ0v) is 16.8. The Hall–Kier alpha value is -1.97. The van der Waals surface area contributed by atoms with Crippen molar-refractivity contribution < 1.29 is 12.9 Å². The molecule has 0 spiro atoms. The lowest BCUT2D eigenvalue weighted by atomic mass is 10.1. The SMILES string of the molecule is Cc1cc([C@@H]2CCCCCN2S(=O)(=O)c2ccc3c(c2)sc(=O)n3C)on1. The molecule has 144 valence electrons. The fourth-order valence-corrected chi connectivity index (χ4v) is 6.29. The van der Waals surface area contributed by atoms with Gasteiger partial charge in [0, 0.05) is 19.7 Å². The van der Waals surface area contributed by atoms with Crippen LogP contribution < -0.4 is 4.87 Å². The van der Waals surface area contributed by atoms with Gasteiger partial charge in [0.25, 0.3) is 0 Å². The Bertz CT molecular complexity index is 1140. The average molecular weight is 408 g/mol. The summed E-state index contributed by atoms with van der Waals surface area (Å²) in [4.78, 5) is 12.0. The van der Waals surface area contributed by atoms with Gasteiger partial charge in [0.05, 0.1) is 26.8 Å². The number of benzene rings is 1. The van der Waals surface area contributed by atoms with E-state index in [9.17, 15) is 13.2 Å². The Labute approximate surface area is 161 Å². The van der Waals surface area contributed by atoms with Crippen molar-refractivity contribution in [3.63, 3.8) is 0 Å². The van der Waals surface area contributed by atoms with Crippen LogP contribution in [0, 0.1) is 6.92 Å². The van der Waals surface area contributed by atoms with Crippen molar-refractivity contribution >= 4 is 31.6 Å². The van der Waals surface area contributed by atoms with Crippen LogP contribution in [0.15, 0.2) is 38.5 Å². The standard InChI is InChI=1S/C18H21N3O4S2/c1-12-10-16(25-19-12)14-6-4-3-5-9-21(14)27(23,24)13-7-8-15-17(11-13)26-18(22)20(15)2/h7-8,10-11,14H,3-6,9H2,1-2H3/t14-/m0/s1. The van der Waals surface area contributed by atoms with Gasteiger partial charge in [-0.3, -0.25) is 4.79 Å². The number of rotatable bonds is 3. The minimum absolute atomic E-state index is 0.107. The van der Waals surface area contributed by atoms with Crippen LogP contribution in [0.2, 0.25) is 0 Å². The highest BCUT2D eigenvalue weighted by Gasteiger charge is 2.35. The van der Waals surface area contributed by atoms with E-state index in [1.54, 1.807) is 25.2 Å². The molecule has 1 fully saturated rings. The third kappa shape index (κ3) is 3.24. The Morgan fingerprint density at radius 3 is 2.78 bits per heavy atom. The van der Waals surface area contributed by atoms with Gasteiger partial charge in [-0.1, -0.05) is 29.3 Å². The first-order valence-corrected chi connectivity index (χ1v) is 11.2. The molecule has 2 aromatic heterocycles. The molecule has 0 bridgehead atoms. The zero-order chi connectivity index (χ0) is 19.2. The van der Waals surface area contributed by atoms with Crippen molar-refractivity contribution in [2.75, 3.05) is 6.54 Å². The number of aromatic nitrogens is 2. The van der Waals surface area contributed by atoms with E-state index in [0.717, 1.165) is 41.8 Å². The number of fused-ring (bicyclic) bond motifs is 1. The third-order valence-electron chi connectivity index (χ3n) is 5.05. The molecular formula is C18H21N3O4S2. The van der Waals surface area contributed by atoms with Crippen LogP contribution in [-0.2, 0) is 17.1 Å².